The molecular weight excluding hydrogens is 341 g/mol. The van der Waals surface area contributed by atoms with Gasteiger partial charge in [0.15, 0.2) is 11.4 Å². The first-order chi connectivity index (χ1) is 12.4. The molecule has 8 heteroatoms. The Bertz CT molecular complexity index is 1060. The van der Waals surface area contributed by atoms with Crippen LogP contribution in [0.3, 0.4) is 0 Å². The number of fused-ring (bicyclic) bond motifs is 1. The summed E-state index contributed by atoms with van der Waals surface area (Å²) in [6, 6.07) is 9.36. The van der Waals surface area contributed by atoms with Crippen LogP contribution in [0.4, 0.5) is 9.18 Å². The van der Waals surface area contributed by atoms with Crippen LogP contribution in [0.1, 0.15) is 5.56 Å². The third-order valence-corrected chi connectivity index (χ3v) is 4.54. The normalized spacial score (nSPS) is 19.6. The molecule has 0 spiro atoms. The van der Waals surface area contributed by atoms with Gasteiger partial charge in [0.1, 0.15) is 11.6 Å². The lowest BCUT2D eigenvalue weighted by molar-refractivity contribution is -0.124. The number of carbonyl (C=O) groups excluding carboxylic acids is 2. The first kappa shape index (κ1) is 15.9. The molecule has 2 aromatic carbocycles. The van der Waals surface area contributed by atoms with Crippen molar-refractivity contribution in [2.45, 2.75) is 12.1 Å². The number of phenols is 1. The van der Waals surface area contributed by atoms with E-state index in [0.717, 1.165) is 0 Å². The first-order valence-corrected chi connectivity index (χ1v) is 7.80. The van der Waals surface area contributed by atoms with Crippen LogP contribution < -0.4 is 10.6 Å². The number of imide groups is 1. The van der Waals surface area contributed by atoms with E-state index in [1.165, 1.54) is 34.9 Å². The average molecular weight is 355 g/mol. The summed E-state index contributed by atoms with van der Waals surface area (Å²) in [5.74, 6) is -1.59. The van der Waals surface area contributed by atoms with Crippen LogP contribution in [-0.4, -0.2) is 26.7 Å². The highest BCUT2D eigenvalue weighted by Crippen LogP contribution is 2.36. The molecule has 0 saturated carbocycles. The molecule has 0 aliphatic carbocycles. The first-order valence-electron chi connectivity index (χ1n) is 7.80. The number of phenolic OH excluding ortho intramolecular Hbond substituents is 1. The summed E-state index contributed by atoms with van der Waals surface area (Å²) in [7, 11) is 0. The fraction of sp³-hybridized carbons (Fsp3) is 0.111. The van der Waals surface area contributed by atoms with Gasteiger partial charge in [0.25, 0.3) is 5.91 Å². The molecule has 0 radical (unpaired) electrons. The van der Waals surface area contributed by atoms with E-state index in [0.29, 0.717) is 5.39 Å². The Morgan fingerprint density at radius 2 is 1.88 bits per heavy atom. The highest BCUT2D eigenvalue weighted by Gasteiger charge is 2.49. The molecule has 3 amide bonds. The number of aromatic nitrogens is 1. The molecule has 1 saturated heterocycles. The zero-order valence-electron chi connectivity index (χ0n) is 13.4. The number of hydrogen-bond acceptors (Lipinski definition) is 4. The summed E-state index contributed by atoms with van der Waals surface area (Å²) in [4.78, 5) is 24.4. The SMILES string of the molecule is O=C1NC(=O)C(Cn2cc3ccc(F)cc3c2O)(c2ccccc2O)N1. The highest BCUT2D eigenvalue weighted by atomic mass is 19.1. The number of carbonyl (C=O) groups is 2. The molecule has 132 valence electrons. The lowest BCUT2D eigenvalue weighted by atomic mass is 9.89. The maximum Gasteiger partial charge on any atom is 0.322 e. The van der Waals surface area contributed by atoms with Gasteiger partial charge in [-0.15, -0.1) is 0 Å². The van der Waals surface area contributed by atoms with Crippen molar-refractivity contribution in [2.24, 2.45) is 0 Å². The third-order valence-electron chi connectivity index (χ3n) is 4.54. The number of hydrogen-bond donors (Lipinski definition) is 4. The molecule has 1 aliphatic rings. The summed E-state index contributed by atoms with van der Waals surface area (Å²) in [5.41, 5.74) is -1.43. The Labute approximate surface area is 146 Å². The number of urea groups is 1. The molecule has 1 aromatic heterocycles. The fourth-order valence-corrected chi connectivity index (χ4v) is 3.31. The van der Waals surface area contributed by atoms with Crippen LogP contribution in [-0.2, 0) is 16.9 Å². The molecule has 26 heavy (non-hydrogen) atoms. The second kappa shape index (κ2) is 5.48. The van der Waals surface area contributed by atoms with Crippen molar-refractivity contribution in [3.05, 3.63) is 60.0 Å². The Balaban J connectivity index is 1.87. The Morgan fingerprint density at radius 3 is 2.58 bits per heavy atom. The third kappa shape index (κ3) is 2.26. The molecule has 7 nitrogen and oxygen atoms in total. The van der Waals surface area contributed by atoms with E-state index in [1.54, 1.807) is 18.3 Å². The van der Waals surface area contributed by atoms with Gasteiger partial charge < -0.3 is 20.1 Å². The molecule has 1 fully saturated rings. The van der Waals surface area contributed by atoms with Crippen molar-refractivity contribution >= 4 is 22.7 Å². The minimum atomic E-state index is -1.62. The van der Waals surface area contributed by atoms with E-state index in [1.807, 2.05) is 0 Å². The van der Waals surface area contributed by atoms with Crippen LogP contribution in [0.5, 0.6) is 11.6 Å². The van der Waals surface area contributed by atoms with Crippen molar-refractivity contribution < 1.29 is 24.2 Å². The number of aromatic hydroxyl groups is 2. The van der Waals surface area contributed by atoms with Crippen LogP contribution in [0.2, 0.25) is 0 Å². The molecule has 1 aliphatic heterocycles. The number of halogens is 1. The van der Waals surface area contributed by atoms with Crippen molar-refractivity contribution in [1.29, 1.82) is 0 Å². The predicted octanol–water partition coefficient (Wildman–Crippen LogP) is 1.93. The van der Waals surface area contributed by atoms with Crippen molar-refractivity contribution in [1.82, 2.24) is 15.2 Å². The van der Waals surface area contributed by atoms with Gasteiger partial charge in [0.05, 0.1) is 6.54 Å². The number of para-hydroxylation sites is 1. The largest absolute Gasteiger partial charge is 0.508 e. The second-order valence-corrected chi connectivity index (χ2v) is 6.14. The minimum Gasteiger partial charge on any atom is -0.508 e. The minimum absolute atomic E-state index is 0.174. The Hall–Kier alpha value is -3.55. The smallest absolute Gasteiger partial charge is 0.322 e. The van der Waals surface area contributed by atoms with E-state index in [9.17, 15) is 24.2 Å². The number of nitrogens with one attached hydrogen (secondary N) is 2. The van der Waals surface area contributed by atoms with Gasteiger partial charge in [-0.2, -0.15) is 0 Å². The maximum atomic E-state index is 13.5. The lowest BCUT2D eigenvalue weighted by Crippen LogP contribution is -2.47. The van der Waals surface area contributed by atoms with Crippen LogP contribution >= 0.6 is 0 Å². The zero-order chi connectivity index (χ0) is 18.5. The van der Waals surface area contributed by atoms with Gasteiger partial charge in [-0.3, -0.25) is 10.1 Å². The van der Waals surface area contributed by atoms with Gasteiger partial charge in [-0.05, 0) is 24.3 Å². The summed E-state index contributed by atoms with van der Waals surface area (Å²) in [6.07, 6.45) is 1.55. The van der Waals surface area contributed by atoms with Crippen molar-refractivity contribution in [3.8, 4) is 11.6 Å². The highest BCUT2D eigenvalue weighted by molar-refractivity contribution is 6.07. The van der Waals surface area contributed by atoms with E-state index < -0.39 is 23.3 Å². The number of rotatable bonds is 3. The van der Waals surface area contributed by atoms with Crippen molar-refractivity contribution in [2.75, 3.05) is 0 Å². The van der Waals surface area contributed by atoms with E-state index in [-0.39, 0.29) is 29.1 Å². The monoisotopic (exact) mass is 355 g/mol. The number of nitrogens with zero attached hydrogens (tertiary/aromatic N) is 1. The Morgan fingerprint density at radius 1 is 1.12 bits per heavy atom. The Kier molecular flexibility index (Phi) is 3.36. The summed E-state index contributed by atoms with van der Waals surface area (Å²) >= 11 is 0. The van der Waals surface area contributed by atoms with E-state index >= 15 is 0 Å². The molecule has 3 aromatic rings. The second-order valence-electron chi connectivity index (χ2n) is 6.14. The van der Waals surface area contributed by atoms with E-state index in [4.69, 9.17) is 0 Å². The summed E-state index contributed by atoms with van der Waals surface area (Å²) < 4.78 is 14.8. The lowest BCUT2D eigenvalue weighted by Gasteiger charge is -2.28. The zero-order valence-corrected chi connectivity index (χ0v) is 13.4. The van der Waals surface area contributed by atoms with Gasteiger partial charge in [0.2, 0.25) is 0 Å². The van der Waals surface area contributed by atoms with Gasteiger partial charge in [-0.25, -0.2) is 9.18 Å². The molecule has 1 atom stereocenters. The van der Waals surface area contributed by atoms with Crippen LogP contribution in [0, 0.1) is 5.82 Å². The maximum absolute atomic E-state index is 13.5. The summed E-state index contributed by atoms with van der Waals surface area (Å²) in [6.45, 7) is -0.190. The molecule has 4 N–H and O–H groups in total. The quantitative estimate of drug-likeness (QED) is 0.539. The fourth-order valence-electron chi connectivity index (χ4n) is 3.31. The van der Waals surface area contributed by atoms with Gasteiger partial charge in [-0.1, -0.05) is 18.2 Å². The van der Waals surface area contributed by atoms with Crippen LogP contribution in [0.25, 0.3) is 10.8 Å². The molecule has 4 rings (SSSR count). The standard InChI is InChI=1S/C18H14FN3O4/c19-11-6-5-10-8-22(15(24)12(10)7-11)9-18(16(25)20-17(26)21-18)13-3-1-2-4-14(13)23/h1-8,23-24H,9H2,(H2,20,21,25,26). The number of amides is 3. The predicted molar refractivity (Wildman–Crippen MR) is 90.0 cm³/mol. The van der Waals surface area contributed by atoms with E-state index in [2.05, 4.69) is 10.6 Å². The molecular formula is C18H14FN3O4. The van der Waals surface area contributed by atoms with Gasteiger partial charge >= 0.3 is 6.03 Å². The van der Waals surface area contributed by atoms with Crippen LogP contribution in [0.15, 0.2) is 48.7 Å². The number of benzene rings is 2. The van der Waals surface area contributed by atoms with Gasteiger partial charge in [0, 0.05) is 22.5 Å². The summed E-state index contributed by atoms with van der Waals surface area (Å²) in [5, 5.41) is 26.2. The average Bonchev–Trinajstić information content (AvgIpc) is 3.05. The van der Waals surface area contributed by atoms with Crippen molar-refractivity contribution in [3.63, 3.8) is 0 Å². The molecule has 2 heterocycles. The topological polar surface area (TPSA) is 104 Å². The molecule has 1 unspecified atom stereocenters. The molecule has 0 bridgehead atoms.